The van der Waals surface area contributed by atoms with Crippen LogP contribution in [0.1, 0.15) is 48.9 Å². The molecule has 0 spiro atoms. The Kier molecular flexibility index (Phi) is 10.3. The van der Waals surface area contributed by atoms with E-state index in [1.54, 1.807) is 0 Å². The first kappa shape index (κ1) is 28.2. The highest BCUT2D eigenvalue weighted by Gasteiger charge is 2.21. The van der Waals surface area contributed by atoms with Crippen LogP contribution in [0.3, 0.4) is 0 Å². The van der Waals surface area contributed by atoms with Crippen molar-refractivity contribution in [2.45, 2.75) is 52.0 Å². The highest BCUT2D eigenvalue weighted by molar-refractivity contribution is 5.84. The second-order valence-electron chi connectivity index (χ2n) is 9.80. The lowest BCUT2D eigenvalue weighted by Gasteiger charge is -2.19. The topological polar surface area (TPSA) is 106 Å². The van der Waals surface area contributed by atoms with Gasteiger partial charge in [0.1, 0.15) is 12.2 Å². The number of nitrogens with one attached hydrogen (secondary N) is 3. The van der Waals surface area contributed by atoms with Crippen molar-refractivity contribution in [3.63, 3.8) is 0 Å². The maximum absolute atomic E-state index is 13.1. The molecule has 0 aliphatic rings. The normalized spacial score (nSPS) is 11.7. The summed E-state index contributed by atoms with van der Waals surface area (Å²) in [4.78, 5) is 37.2. The lowest BCUT2D eigenvalue weighted by atomic mass is 9.98. The van der Waals surface area contributed by atoms with Crippen molar-refractivity contribution in [1.82, 2.24) is 16.0 Å². The standard InChI is InChI=1S/C30H35N3O5/c1-30(2,3)38-29(36)32-19-23-16-14-22(15-17-23)18-31-27(34)26(25-12-8-5-9-13-25)20-33-28(35)37-21-24-10-6-4-7-11-24/h4-17,26H,18-21H2,1-3H3,(H,31,34)(H,32,36)(H,33,35)/t26-/m0/s1. The Labute approximate surface area is 223 Å². The Balaban J connectivity index is 1.51. The maximum Gasteiger partial charge on any atom is 0.407 e. The first-order valence-corrected chi connectivity index (χ1v) is 12.5. The zero-order valence-corrected chi connectivity index (χ0v) is 22.0. The first-order chi connectivity index (χ1) is 18.2. The number of alkyl carbamates (subject to hydrolysis) is 2. The molecule has 38 heavy (non-hydrogen) atoms. The fourth-order valence-electron chi connectivity index (χ4n) is 3.58. The molecule has 0 saturated heterocycles. The summed E-state index contributed by atoms with van der Waals surface area (Å²) in [7, 11) is 0. The van der Waals surface area contributed by atoms with Crippen LogP contribution in [-0.2, 0) is 34.0 Å². The third kappa shape index (κ3) is 9.97. The summed E-state index contributed by atoms with van der Waals surface area (Å²) in [6, 6.07) is 26.2. The number of benzene rings is 3. The fraction of sp³-hybridized carbons (Fsp3) is 0.300. The molecular weight excluding hydrogens is 482 g/mol. The Bertz CT molecular complexity index is 1180. The lowest BCUT2D eigenvalue weighted by Crippen LogP contribution is -2.37. The molecular formula is C30H35N3O5. The van der Waals surface area contributed by atoms with E-state index in [0.29, 0.717) is 13.1 Å². The van der Waals surface area contributed by atoms with Crippen molar-refractivity contribution < 1.29 is 23.9 Å². The Morgan fingerprint density at radius 3 is 1.82 bits per heavy atom. The minimum absolute atomic E-state index is 0.0960. The molecule has 0 aliphatic heterocycles. The SMILES string of the molecule is CC(C)(C)OC(=O)NCc1ccc(CNC(=O)[C@@H](CNC(=O)OCc2ccccc2)c2ccccc2)cc1. The van der Waals surface area contributed by atoms with Crippen LogP contribution >= 0.6 is 0 Å². The second kappa shape index (κ2) is 13.8. The molecule has 0 heterocycles. The van der Waals surface area contributed by atoms with Gasteiger partial charge in [-0.2, -0.15) is 0 Å². The summed E-state index contributed by atoms with van der Waals surface area (Å²) in [5, 5.41) is 8.39. The van der Waals surface area contributed by atoms with Gasteiger partial charge in [0.25, 0.3) is 0 Å². The van der Waals surface area contributed by atoms with Crippen LogP contribution < -0.4 is 16.0 Å². The highest BCUT2D eigenvalue weighted by atomic mass is 16.6. The van der Waals surface area contributed by atoms with Gasteiger partial charge in [0.05, 0.1) is 5.92 Å². The molecule has 0 aromatic heterocycles. The molecule has 3 N–H and O–H groups in total. The lowest BCUT2D eigenvalue weighted by molar-refractivity contribution is -0.122. The van der Waals surface area contributed by atoms with Gasteiger partial charge in [0.15, 0.2) is 0 Å². The third-order valence-electron chi connectivity index (χ3n) is 5.51. The van der Waals surface area contributed by atoms with E-state index in [9.17, 15) is 14.4 Å². The molecule has 0 fully saturated rings. The summed E-state index contributed by atoms with van der Waals surface area (Å²) < 4.78 is 10.5. The van der Waals surface area contributed by atoms with Crippen molar-refractivity contribution in [1.29, 1.82) is 0 Å². The van der Waals surface area contributed by atoms with E-state index in [-0.39, 0.29) is 19.1 Å². The average Bonchev–Trinajstić information content (AvgIpc) is 2.90. The van der Waals surface area contributed by atoms with Crippen molar-refractivity contribution in [3.05, 3.63) is 107 Å². The number of carbonyl (C=O) groups is 3. The summed E-state index contributed by atoms with van der Waals surface area (Å²) in [6.07, 6.45) is -1.06. The summed E-state index contributed by atoms with van der Waals surface area (Å²) in [6.45, 7) is 6.34. The first-order valence-electron chi connectivity index (χ1n) is 12.5. The molecule has 8 nitrogen and oxygen atoms in total. The van der Waals surface area contributed by atoms with E-state index in [1.807, 2.05) is 106 Å². The number of rotatable bonds is 10. The molecule has 0 radical (unpaired) electrons. The van der Waals surface area contributed by atoms with Gasteiger partial charge < -0.3 is 25.4 Å². The van der Waals surface area contributed by atoms with Gasteiger partial charge >= 0.3 is 12.2 Å². The van der Waals surface area contributed by atoms with E-state index >= 15 is 0 Å². The fourth-order valence-corrected chi connectivity index (χ4v) is 3.58. The molecule has 200 valence electrons. The smallest absolute Gasteiger partial charge is 0.407 e. The number of carbonyl (C=O) groups excluding carboxylic acids is 3. The van der Waals surface area contributed by atoms with Crippen molar-refractivity contribution >= 4 is 18.1 Å². The number of ether oxygens (including phenoxy) is 2. The van der Waals surface area contributed by atoms with Crippen LogP contribution in [0.25, 0.3) is 0 Å². The van der Waals surface area contributed by atoms with Crippen LogP contribution in [0.2, 0.25) is 0 Å². The van der Waals surface area contributed by atoms with Crippen molar-refractivity contribution in [2.24, 2.45) is 0 Å². The third-order valence-corrected chi connectivity index (χ3v) is 5.51. The Morgan fingerprint density at radius 2 is 1.24 bits per heavy atom. The monoisotopic (exact) mass is 517 g/mol. The van der Waals surface area contributed by atoms with E-state index < -0.39 is 23.7 Å². The van der Waals surface area contributed by atoms with Gasteiger partial charge in [-0.3, -0.25) is 4.79 Å². The van der Waals surface area contributed by atoms with Crippen molar-refractivity contribution in [3.8, 4) is 0 Å². The minimum atomic E-state index is -0.585. The highest BCUT2D eigenvalue weighted by Crippen LogP contribution is 2.16. The summed E-state index contributed by atoms with van der Waals surface area (Å²) >= 11 is 0. The predicted octanol–water partition coefficient (Wildman–Crippen LogP) is 5.04. The Hall–Kier alpha value is -4.33. The van der Waals surface area contributed by atoms with Gasteiger partial charge in [0, 0.05) is 19.6 Å². The molecule has 1 atom stereocenters. The van der Waals surface area contributed by atoms with E-state index in [4.69, 9.17) is 9.47 Å². The molecule has 0 bridgehead atoms. The van der Waals surface area contributed by atoms with E-state index in [2.05, 4.69) is 16.0 Å². The van der Waals surface area contributed by atoms with Crippen LogP contribution in [0.15, 0.2) is 84.9 Å². The largest absolute Gasteiger partial charge is 0.445 e. The molecule has 3 amide bonds. The second-order valence-corrected chi connectivity index (χ2v) is 9.80. The predicted molar refractivity (Wildman–Crippen MR) is 145 cm³/mol. The number of hydrogen-bond donors (Lipinski definition) is 3. The zero-order chi connectivity index (χ0) is 27.4. The van der Waals surface area contributed by atoms with E-state index in [1.165, 1.54) is 0 Å². The van der Waals surface area contributed by atoms with Gasteiger partial charge in [0.2, 0.25) is 5.91 Å². The average molecular weight is 518 g/mol. The van der Waals surface area contributed by atoms with Crippen LogP contribution in [0, 0.1) is 0 Å². The molecule has 3 aromatic carbocycles. The molecule has 0 aliphatic carbocycles. The van der Waals surface area contributed by atoms with E-state index in [0.717, 1.165) is 22.3 Å². The van der Waals surface area contributed by atoms with Crippen LogP contribution in [-0.4, -0.2) is 30.2 Å². The van der Waals surface area contributed by atoms with Crippen molar-refractivity contribution in [2.75, 3.05) is 6.54 Å². The maximum atomic E-state index is 13.1. The quantitative estimate of drug-likeness (QED) is 0.350. The van der Waals surface area contributed by atoms with Gasteiger partial charge in [-0.15, -0.1) is 0 Å². The number of amides is 3. The van der Waals surface area contributed by atoms with Gasteiger partial charge in [-0.05, 0) is 43.0 Å². The minimum Gasteiger partial charge on any atom is -0.445 e. The summed E-state index contributed by atoms with van der Waals surface area (Å²) in [5.41, 5.74) is 2.93. The number of hydrogen-bond acceptors (Lipinski definition) is 5. The molecule has 0 saturated carbocycles. The molecule has 0 unspecified atom stereocenters. The van der Waals surface area contributed by atoms with Gasteiger partial charge in [-0.25, -0.2) is 9.59 Å². The molecule has 3 rings (SSSR count). The van der Waals surface area contributed by atoms with Gasteiger partial charge in [-0.1, -0.05) is 84.9 Å². The zero-order valence-electron chi connectivity index (χ0n) is 22.0. The Morgan fingerprint density at radius 1 is 0.684 bits per heavy atom. The molecule has 8 heteroatoms. The molecule has 3 aromatic rings. The van der Waals surface area contributed by atoms with Crippen LogP contribution in [0.4, 0.5) is 9.59 Å². The summed E-state index contributed by atoms with van der Waals surface area (Å²) in [5.74, 6) is -0.798. The van der Waals surface area contributed by atoms with Crippen LogP contribution in [0.5, 0.6) is 0 Å².